The molecule has 5 heteroatoms. The second-order valence-electron chi connectivity index (χ2n) is 3.45. The van der Waals surface area contributed by atoms with E-state index in [-0.39, 0.29) is 12.2 Å². The van der Waals surface area contributed by atoms with E-state index in [1.165, 1.54) is 4.90 Å². The standard InChI is InChI=1S/C11H10BrNO3/c1-16-7-2-3-8(12)9(6-7)13-5-4-10(14)11(13)15/h2-3,6H,4-5H2,1H3. The molecule has 0 bridgehead atoms. The molecule has 0 saturated carbocycles. The largest absolute Gasteiger partial charge is 0.497 e. The van der Waals surface area contributed by atoms with Crippen molar-refractivity contribution in [2.24, 2.45) is 0 Å². The maximum atomic E-state index is 11.6. The topological polar surface area (TPSA) is 46.6 Å². The van der Waals surface area contributed by atoms with E-state index in [9.17, 15) is 9.59 Å². The number of ketones is 1. The highest BCUT2D eigenvalue weighted by atomic mass is 79.9. The third kappa shape index (κ3) is 1.82. The van der Waals surface area contributed by atoms with Gasteiger partial charge in [0.15, 0.2) is 0 Å². The van der Waals surface area contributed by atoms with Crippen molar-refractivity contribution in [2.45, 2.75) is 6.42 Å². The monoisotopic (exact) mass is 283 g/mol. The van der Waals surface area contributed by atoms with Gasteiger partial charge in [0.1, 0.15) is 5.75 Å². The Bertz CT molecular complexity index is 459. The van der Waals surface area contributed by atoms with Crippen LogP contribution in [0.3, 0.4) is 0 Å². The number of nitrogens with zero attached hydrogens (tertiary/aromatic N) is 1. The number of Topliss-reactive ketones (excluding diaryl/α,β-unsaturated/α-hetero) is 1. The van der Waals surface area contributed by atoms with Crippen molar-refractivity contribution in [3.63, 3.8) is 0 Å². The van der Waals surface area contributed by atoms with Crippen molar-refractivity contribution < 1.29 is 14.3 Å². The van der Waals surface area contributed by atoms with Gasteiger partial charge in [0, 0.05) is 23.5 Å². The third-order valence-electron chi connectivity index (χ3n) is 2.49. The first-order valence-electron chi connectivity index (χ1n) is 4.81. The molecule has 0 unspecified atom stereocenters. The molecule has 1 saturated heterocycles. The van der Waals surface area contributed by atoms with Crippen LogP contribution in [0.2, 0.25) is 0 Å². The minimum Gasteiger partial charge on any atom is -0.497 e. The van der Waals surface area contributed by atoms with Gasteiger partial charge in [-0.15, -0.1) is 0 Å². The van der Waals surface area contributed by atoms with Gasteiger partial charge in [0.25, 0.3) is 5.91 Å². The fourth-order valence-electron chi connectivity index (χ4n) is 1.63. The molecular weight excluding hydrogens is 274 g/mol. The van der Waals surface area contributed by atoms with Gasteiger partial charge in [-0.3, -0.25) is 9.59 Å². The number of benzene rings is 1. The average Bonchev–Trinajstić information content (AvgIpc) is 2.61. The van der Waals surface area contributed by atoms with Gasteiger partial charge in [-0.2, -0.15) is 0 Å². The fourth-order valence-corrected chi connectivity index (χ4v) is 2.09. The molecule has 1 heterocycles. The zero-order valence-corrected chi connectivity index (χ0v) is 10.3. The molecule has 0 radical (unpaired) electrons. The average molecular weight is 284 g/mol. The van der Waals surface area contributed by atoms with E-state index in [1.807, 2.05) is 0 Å². The lowest BCUT2D eigenvalue weighted by Crippen LogP contribution is -2.27. The molecule has 1 amide bonds. The number of hydrogen-bond donors (Lipinski definition) is 0. The molecule has 0 spiro atoms. The van der Waals surface area contributed by atoms with E-state index >= 15 is 0 Å². The number of hydrogen-bond acceptors (Lipinski definition) is 3. The first kappa shape index (κ1) is 11.1. The Morgan fingerprint density at radius 1 is 1.38 bits per heavy atom. The summed E-state index contributed by atoms with van der Waals surface area (Å²) >= 11 is 3.36. The van der Waals surface area contributed by atoms with Crippen LogP contribution in [0.25, 0.3) is 0 Å². The van der Waals surface area contributed by atoms with Gasteiger partial charge >= 0.3 is 0 Å². The lowest BCUT2D eigenvalue weighted by molar-refractivity contribution is -0.133. The van der Waals surface area contributed by atoms with Crippen LogP contribution >= 0.6 is 15.9 Å². The van der Waals surface area contributed by atoms with Crippen molar-refractivity contribution in [3.8, 4) is 5.75 Å². The highest BCUT2D eigenvalue weighted by molar-refractivity contribution is 9.10. The first-order valence-corrected chi connectivity index (χ1v) is 5.61. The lowest BCUT2D eigenvalue weighted by Gasteiger charge is -2.17. The van der Waals surface area contributed by atoms with E-state index in [1.54, 1.807) is 25.3 Å². The predicted octanol–water partition coefficient (Wildman–Crippen LogP) is 1.76. The summed E-state index contributed by atoms with van der Waals surface area (Å²) in [7, 11) is 1.56. The smallest absolute Gasteiger partial charge is 0.294 e. The van der Waals surface area contributed by atoms with E-state index in [4.69, 9.17) is 4.74 Å². The van der Waals surface area contributed by atoms with Gasteiger partial charge in [0.05, 0.1) is 12.8 Å². The molecule has 2 rings (SSSR count). The normalized spacial score (nSPS) is 15.8. The first-order chi connectivity index (χ1) is 7.63. The Morgan fingerprint density at radius 2 is 2.12 bits per heavy atom. The number of carbonyl (C=O) groups is 2. The number of methoxy groups -OCH3 is 1. The molecule has 0 aromatic heterocycles. The molecule has 16 heavy (non-hydrogen) atoms. The third-order valence-corrected chi connectivity index (χ3v) is 3.16. The van der Waals surface area contributed by atoms with Crippen LogP contribution < -0.4 is 9.64 Å². The van der Waals surface area contributed by atoms with Crippen LogP contribution in [-0.4, -0.2) is 25.3 Å². The van der Waals surface area contributed by atoms with Crippen LogP contribution in [0, 0.1) is 0 Å². The number of amides is 1. The minimum absolute atomic E-state index is 0.280. The highest BCUT2D eigenvalue weighted by Gasteiger charge is 2.31. The Morgan fingerprint density at radius 3 is 2.69 bits per heavy atom. The molecular formula is C11H10BrNO3. The molecule has 1 aromatic carbocycles. The number of halogens is 1. The van der Waals surface area contributed by atoms with Crippen molar-refractivity contribution in [3.05, 3.63) is 22.7 Å². The Kier molecular flexibility index (Phi) is 2.96. The zero-order chi connectivity index (χ0) is 11.7. The summed E-state index contributed by atoms with van der Waals surface area (Å²) in [6.07, 6.45) is 0.280. The summed E-state index contributed by atoms with van der Waals surface area (Å²) in [6.45, 7) is 0.434. The highest BCUT2D eigenvalue weighted by Crippen LogP contribution is 2.32. The fraction of sp³-hybridized carbons (Fsp3) is 0.273. The van der Waals surface area contributed by atoms with Crippen LogP contribution in [0.15, 0.2) is 22.7 Å². The maximum absolute atomic E-state index is 11.6. The van der Waals surface area contributed by atoms with Gasteiger partial charge in [-0.05, 0) is 28.1 Å². The van der Waals surface area contributed by atoms with Crippen molar-refractivity contribution in [1.29, 1.82) is 0 Å². The summed E-state index contributed by atoms with van der Waals surface area (Å²) in [6, 6.07) is 5.32. The van der Waals surface area contributed by atoms with Crippen molar-refractivity contribution >= 4 is 33.3 Å². The number of anilines is 1. The number of carbonyl (C=O) groups excluding carboxylic acids is 2. The molecule has 1 aliphatic heterocycles. The van der Waals surface area contributed by atoms with E-state index in [0.29, 0.717) is 18.0 Å². The SMILES string of the molecule is COc1ccc(Br)c(N2CCC(=O)C2=O)c1. The molecule has 1 aliphatic rings. The second kappa shape index (κ2) is 4.25. The maximum Gasteiger partial charge on any atom is 0.294 e. The van der Waals surface area contributed by atoms with Gasteiger partial charge in [-0.25, -0.2) is 0 Å². The molecule has 0 aliphatic carbocycles. The van der Waals surface area contributed by atoms with Crippen LogP contribution in [0.4, 0.5) is 5.69 Å². The van der Waals surface area contributed by atoms with E-state index < -0.39 is 5.91 Å². The second-order valence-corrected chi connectivity index (χ2v) is 4.30. The number of ether oxygens (including phenoxy) is 1. The van der Waals surface area contributed by atoms with Gasteiger partial charge in [0.2, 0.25) is 5.78 Å². The van der Waals surface area contributed by atoms with Gasteiger partial charge in [-0.1, -0.05) is 0 Å². The molecule has 1 fully saturated rings. The summed E-state index contributed by atoms with van der Waals surface area (Å²) in [5, 5.41) is 0. The van der Waals surface area contributed by atoms with Crippen molar-refractivity contribution in [2.75, 3.05) is 18.6 Å². The number of rotatable bonds is 2. The minimum atomic E-state index is -0.450. The zero-order valence-electron chi connectivity index (χ0n) is 8.70. The summed E-state index contributed by atoms with van der Waals surface area (Å²) in [4.78, 5) is 24.2. The van der Waals surface area contributed by atoms with Crippen LogP contribution in [0.1, 0.15) is 6.42 Å². The summed E-state index contributed by atoms with van der Waals surface area (Å²) in [5.74, 6) is -0.131. The lowest BCUT2D eigenvalue weighted by atomic mass is 10.3. The van der Waals surface area contributed by atoms with Gasteiger partial charge < -0.3 is 9.64 Å². The summed E-state index contributed by atoms with van der Waals surface area (Å²) in [5.41, 5.74) is 0.676. The molecule has 4 nitrogen and oxygen atoms in total. The molecule has 1 aromatic rings. The predicted molar refractivity (Wildman–Crippen MR) is 62.7 cm³/mol. The molecule has 0 N–H and O–H groups in total. The quantitative estimate of drug-likeness (QED) is 0.777. The molecule has 84 valence electrons. The Labute approximate surface area is 101 Å². The Hall–Kier alpha value is -1.36. The van der Waals surface area contributed by atoms with Crippen LogP contribution in [-0.2, 0) is 9.59 Å². The van der Waals surface area contributed by atoms with Crippen LogP contribution in [0.5, 0.6) is 5.75 Å². The van der Waals surface area contributed by atoms with Crippen molar-refractivity contribution in [1.82, 2.24) is 0 Å². The summed E-state index contributed by atoms with van der Waals surface area (Å²) < 4.78 is 5.86. The Balaban J connectivity index is 2.40. The molecule has 0 atom stereocenters. The van der Waals surface area contributed by atoms with E-state index in [0.717, 1.165) is 4.47 Å². The van der Waals surface area contributed by atoms with E-state index in [2.05, 4.69) is 15.9 Å².